The van der Waals surface area contributed by atoms with E-state index in [1.807, 2.05) is 23.8 Å². The Morgan fingerprint density at radius 2 is 2.00 bits per heavy atom. The second-order valence-electron chi connectivity index (χ2n) is 1.44. The molecule has 1 heterocycles. The van der Waals surface area contributed by atoms with Gasteiger partial charge in [-0.15, -0.1) is 0 Å². The van der Waals surface area contributed by atoms with E-state index in [2.05, 4.69) is 4.72 Å². The predicted octanol–water partition coefficient (Wildman–Crippen LogP) is -0.385. The van der Waals surface area contributed by atoms with Crippen LogP contribution in [0.3, 0.4) is 0 Å². The van der Waals surface area contributed by atoms with Gasteiger partial charge in [0.2, 0.25) is 0 Å². The first-order chi connectivity index (χ1) is 4.73. The molecule has 4 nitrogen and oxygen atoms in total. The molecule has 0 spiro atoms. The average molecular weight is 219 g/mol. The van der Waals surface area contributed by atoms with Crippen molar-refractivity contribution in [3.63, 3.8) is 0 Å². The molecule has 6 heteroatoms. The summed E-state index contributed by atoms with van der Waals surface area (Å²) in [6, 6.07) is 0. The van der Waals surface area contributed by atoms with Gasteiger partial charge < -0.3 is 15.3 Å². The summed E-state index contributed by atoms with van der Waals surface area (Å²) in [6.07, 6.45) is 5.84. The van der Waals surface area contributed by atoms with E-state index in [1.54, 1.807) is 11.9 Å². The number of carboxylic acid groups (broad SMARTS) is 1. The van der Waals surface area contributed by atoms with Crippen LogP contribution in [0.1, 0.15) is 6.92 Å². The third-order valence-electron chi connectivity index (χ3n) is 0.490. The summed E-state index contributed by atoms with van der Waals surface area (Å²) < 4.78 is 2.93. The van der Waals surface area contributed by atoms with Crippen molar-refractivity contribution in [1.82, 2.24) is 4.72 Å². The Labute approximate surface area is 106 Å². The Kier molecular flexibility index (Phi) is 21.0. The number of nitrogens with one attached hydrogen (secondary N) is 1. The summed E-state index contributed by atoms with van der Waals surface area (Å²) in [6.45, 7) is 1.08. The molecule has 68 valence electrons. The zero-order valence-electron chi connectivity index (χ0n) is 6.07. The second kappa shape index (κ2) is 13.9. The van der Waals surface area contributed by atoms with Crippen LogP contribution in [0, 0.1) is 0 Å². The monoisotopic (exact) mass is 219 g/mol. The van der Waals surface area contributed by atoms with Crippen LogP contribution in [0.15, 0.2) is 23.8 Å². The van der Waals surface area contributed by atoms with E-state index < -0.39 is 5.97 Å². The number of allylic oxidation sites excluding steroid dienone is 2. The van der Waals surface area contributed by atoms with Crippen molar-refractivity contribution in [2.75, 3.05) is 0 Å². The molecular weight excluding hydrogens is 206 g/mol. The van der Waals surface area contributed by atoms with Crippen LogP contribution in [0.2, 0.25) is 0 Å². The summed E-state index contributed by atoms with van der Waals surface area (Å²) in [5, 5.41) is 9.40. The third-order valence-corrected chi connectivity index (χ3v) is 1.06. The molecule has 0 bridgehead atoms. The zero-order valence-corrected chi connectivity index (χ0v) is 6.89. The number of rotatable bonds is 0. The van der Waals surface area contributed by atoms with E-state index in [9.17, 15) is 0 Å². The molecule has 1 aliphatic heterocycles. The maximum absolute atomic E-state index is 9.00. The fraction of sp³-hybridized carbons (Fsp3) is 0.167. The fourth-order valence-electron chi connectivity index (χ4n) is 0.258. The number of hydrogen-bond acceptors (Lipinski definition) is 3. The Hall–Kier alpha value is 0.320. The molecule has 0 unspecified atom stereocenters. The maximum atomic E-state index is 9.00. The van der Waals surface area contributed by atoms with Gasteiger partial charge in [-0.2, -0.15) is 0 Å². The van der Waals surface area contributed by atoms with Crippen molar-refractivity contribution in [2.24, 2.45) is 0 Å². The van der Waals surface area contributed by atoms with Gasteiger partial charge in [-0.25, -0.2) is 0 Å². The fourth-order valence-corrected chi connectivity index (χ4v) is 0.663. The topological polar surface area (TPSA) is 80.8 Å². The second-order valence-corrected chi connectivity index (χ2v) is 2.19. The van der Waals surface area contributed by atoms with Crippen molar-refractivity contribution in [2.45, 2.75) is 6.92 Å². The van der Waals surface area contributed by atoms with Gasteiger partial charge in [-0.1, -0.05) is 6.08 Å². The molecule has 0 aromatic heterocycles. The molecule has 0 aromatic carbocycles. The van der Waals surface area contributed by atoms with Crippen LogP contribution in [-0.4, -0.2) is 54.3 Å². The molecule has 12 heavy (non-hydrogen) atoms. The van der Waals surface area contributed by atoms with Gasteiger partial charge in [0.1, 0.15) is 0 Å². The van der Waals surface area contributed by atoms with E-state index in [0.29, 0.717) is 0 Å². The Balaban J connectivity index is -0.000000124. The molecule has 0 atom stereocenters. The van der Waals surface area contributed by atoms with Gasteiger partial charge in [-0.3, -0.25) is 4.79 Å². The molecule has 0 saturated carbocycles. The van der Waals surface area contributed by atoms with Crippen LogP contribution in [0.5, 0.6) is 0 Å². The van der Waals surface area contributed by atoms with Gasteiger partial charge >= 0.3 is 37.7 Å². The minimum atomic E-state index is -0.833. The molecule has 0 saturated heterocycles. The van der Waals surface area contributed by atoms with Gasteiger partial charge in [0, 0.05) is 13.1 Å². The van der Waals surface area contributed by atoms with Gasteiger partial charge in [-0.05, 0) is 23.4 Å². The van der Waals surface area contributed by atoms with E-state index in [0.717, 1.165) is 6.92 Å². The molecule has 0 radical (unpaired) electrons. The van der Waals surface area contributed by atoms with Crippen molar-refractivity contribution in [1.29, 1.82) is 0 Å². The molecular formula is C6H13CaNO3S. The van der Waals surface area contributed by atoms with Crippen LogP contribution < -0.4 is 4.72 Å². The average Bonchev–Trinajstić information content (AvgIpc) is 1.90. The molecule has 4 N–H and O–H groups in total. The van der Waals surface area contributed by atoms with E-state index in [4.69, 9.17) is 9.90 Å². The minimum absolute atomic E-state index is 0. The van der Waals surface area contributed by atoms with Crippen molar-refractivity contribution >= 4 is 55.7 Å². The molecule has 1 aliphatic rings. The van der Waals surface area contributed by atoms with Gasteiger partial charge in [0.15, 0.2) is 0 Å². The molecule has 0 aliphatic carbocycles. The quantitative estimate of drug-likeness (QED) is 0.430. The first-order valence-corrected chi connectivity index (χ1v) is 3.54. The van der Waals surface area contributed by atoms with E-state index in [1.165, 1.54) is 0 Å². The van der Waals surface area contributed by atoms with E-state index in [-0.39, 0.29) is 43.2 Å². The summed E-state index contributed by atoms with van der Waals surface area (Å²) in [5.74, 6) is -0.833. The van der Waals surface area contributed by atoms with Crippen LogP contribution in [-0.2, 0) is 4.79 Å². The normalized spacial score (nSPS) is 10.8. The Bertz CT molecular complexity index is 145. The first-order valence-electron chi connectivity index (χ1n) is 2.66. The van der Waals surface area contributed by atoms with Crippen molar-refractivity contribution in [3.8, 4) is 0 Å². The van der Waals surface area contributed by atoms with Gasteiger partial charge in [0.25, 0.3) is 5.97 Å². The first kappa shape index (κ1) is 18.2. The standard InChI is InChI=1S/C4H5NS.C2H4O2.Ca.H2O.2H/c1-2-4-6-5-3-1;1-2(3)4;;;;/h1-5H;1H3,(H,3,4);;1H2;;. The summed E-state index contributed by atoms with van der Waals surface area (Å²) in [7, 11) is 0. The number of aliphatic carboxylic acids is 1. The summed E-state index contributed by atoms with van der Waals surface area (Å²) in [4.78, 5) is 9.00. The van der Waals surface area contributed by atoms with Crippen LogP contribution >= 0.6 is 11.9 Å². The number of hydrogen-bond donors (Lipinski definition) is 2. The zero-order chi connectivity index (χ0) is 7.82. The molecule has 1 rings (SSSR count). The van der Waals surface area contributed by atoms with Crippen molar-refractivity contribution < 1.29 is 15.4 Å². The summed E-state index contributed by atoms with van der Waals surface area (Å²) >= 11 is 1.58. The Morgan fingerprint density at radius 3 is 2.08 bits per heavy atom. The predicted molar refractivity (Wildman–Crippen MR) is 54.5 cm³/mol. The Morgan fingerprint density at radius 1 is 1.50 bits per heavy atom. The summed E-state index contributed by atoms with van der Waals surface area (Å²) in [5.41, 5.74) is 0. The van der Waals surface area contributed by atoms with Crippen molar-refractivity contribution in [3.05, 3.63) is 23.8 Å². The molecule has 0 aromatic rings. The molecule has 0 amide bonds. The van der Waals surface area contributed by atoms with Gasteiger partial charge in [0.05, 0.1) is 0 Å². The van der Waals surface area contributed by atoms with E-state index >= 15 is 0 Å². The van der Waals surface area contributed by atoms with Crippen LogP contribution in [0.4, 0.5) is 0 Å². The number of carbonyl (C=O) groups is 1. The number of carboxylic acids is 1. The van der Waals surface area contributed by atoms with Crippen LogP contribution in [0.25, 0.3) is 0 Å². The third kappa shape index (κ3) is 22.4. The SMILES string of the molecule is C1=CNSC=C1.CC(=O)O.O.[CaH2]. The molecule has 0 fully saturated rings.